The minimum atomic E-state index is -3.34. The first kappa shape index (κ1) is 6.98. The van der Waals surface area contributed by atoms with E-state index in [4.69, 9.17) is 0 Å². The van der Waals surface area contributed by atoms with Crippen LogP contribution in [-0.4, -0.2) is 32.4 Å². The van der Waals surface area contributed by atoms with Crippen molar-refractivity contribution in [1.29, 1.82) is 0 Å². The smallest absolute Gasteiger partial charge is 0.256 e. The van der Waals surface area contributed by atoms with Crippen LogP contribution in [0.3, 0.4) is 0 Å². The van der Waals surface area contributed by atoms with Gasteiger partial charge in [0.2, 0.25) is 0 Å². The molecule has 0 bridgehead atoms. The lowest BCUT2D eigenvalue weighted by Gasteiger charge is -2.07. The number of hydrogen-bond acceptors (Lipinski definition) is 3. The fraction of sp³-hybridized carbons (Fsp3) is 1.00. The quantitative estimate of drug-likeness (QED) is 0.472. The molecule has 1 aliphatic heterocycles. The summed E-state index contributed by atoms with van der Waals surface area (Å²) in [5, 5.41) is 0. The van der Waals surface area contributed by atoms with Gasteiger partial charge in [0.25, 0.3) is 0 Å². The number of rotatable bonds is 0. The lowest BCUT2D eigenvalue weighted by Crippen LogP contribution is -2.26. The van der Waals surface area contributed by atoms with Gasteiger partial charge in [-0.1, -0.05) is 0 Å². The molecule has 1 rings (SSSR count). The number of hydrogen-bond donors (Lipinski definition) is 0. The van der Waals surface area contributed by atoms with E-state index in [-0.39, 0.29) is 12.6 Å². The highest BCUT2D eigenvalue weighted by molar-refractivity contribution is 7.84. The second-order valence-electron chi connectivity index (χ2n) is 2.11. The molecule has 4 nitrogen and oxygen atoms in total. The molecule has 9 heavy (non-hydrogen) atoms. The molecule has 1 saturated heterocycles. The van der Waals surface area contributed by atoms with Gasteiger partial charge in [-0.3, -0.25) is 4.18 Å². The Labute approximate surface area is 54.7 Å². The van der Waals surface area contributed by atoms with Crippen LogP contribution in [-0.2, 0) is 14.5 Å². The molecule has 1 unspecified atom stereocenters. The molecule has 1 atom stereocenters. The SMILES string of the molecule is CC1COS(=O)(=O)N1C. The van der Waals surface area contributed by atoms with Gasteiger partial charge in [-0.25, -0.2) is 0 Å². The monoisotopic (exact) mass is 151 g/mol. The van der Waals surface area contributed by atoms with E-state index in [2.05, 4.69) is 4.18 Å². The van der Waals surface area contributed by atoms with Crippen molar-refractivity contribution in [1.82, 2.24) is 4.31 Å². The summed E-state index contributed by atoms with van der Waals surface area (Å²) in [5.74, 6) is 0. The molecule has 0 spiro atoms. The van der Waals surface area contributed by atoms with E-state index in [9.17, 15) is 8.42 Å². The molecule has 0 aromatic carbocycles. The maximum Gasteiger partial charge on any atom is 0.338 e. The first-order chi connectivity index (χ1) is 4.04. The fourth-order valence-electron chi connectivity index (χ4n) is 0.593. The van der Waals surface area contributed by atoms with Crippen LogP contribution in [0, 0.1) is 0 Å². The molecular formula is C4H9NO3S. The maximum atomic E-state index is 10.7. The Kier molecular flexibility index (Phi) is 1.50. The summed E-state index contributed by atoms with van der Waals surface area (Å²) in [4.78, 5) is 0. The molecule has 1 aliphatic rings. The molecule has 0 saturated carbocycles. The lowest BCUT2D eigenvalue weighted by molar-refractivity contribution is 0.334. The van der Waals surface area contributed by atoms with E-state index in [1.807, 2.05) is 0 Å². The Bertz CT molecular complexity index is 198. The van der Waals surface area contributed by atoms with E-state index in [0.29, 0.717) is 0 Å². The molecule has 5 heteroatoms. The Morgan fingerprint density at radius 2 is 2.22 bits per heavy atom. The van der Waals surface area contributed by atoms with Crippen LogP contribution < -0.4 is 0 Å². The average molecular weight is 151 g/mol. The van der Waals surface area contributed by atoms with Crippen molar-refractivity contribution >= 4 is 10.3 Å². The number of nitrogens with zero attached hydrogens (tertiary/aromatic N) is 1. The molecule has 0 amide bonds. The van der Waals surface area contributed by atoms with Crippen molar-refractivity contribution < 1.29 is 12.6 Å². The zero-order valence-electron chi connectivity index (χ0n) is 5.36. The summed E-state index contributed by atoms with van der Waals surface area (Å²) < 4.78 is 27.0. The third-order valence-electron chi connectivity index (χ3n) is 1.43. The van der Waals surface area contributed by atoms with Crippen LogP contribution in [0.2, 0.25) is 0 Å². The van der Waals surface area contributed by atoms with Crippen LogP contribution >= 0.6 is 0 Å². The summed E-state index contributed by atoms with van der Waals surface area (Å²) in [5.41, 5.74) is 0. The topological polar surface area (TPSA) is 46.6 Å². The molecule has 0 aromatic rings. The van der Waals surface area contributed by atoms with Gasteiger partial charge in [-0.05, 0) is 6.92 Å². The van der Waals surface area contributed by atoms with E-state index < -0.39 is 10.3 Å². The van der Waals surface area contributed by atoms with Gasteiger partial charge in [-0.2, -0.15) is 12.7 Å². The zero-order chi connectivity index (χ0) is 7.07. The third kappa shape index (κ3) is 1.08. The highest BCUT2D eigenvalue weighted by atomic mass is 32.2. The van der Waals surface area contributed by atoms with Gasteiger partial charge in [-0.15, -0.1) is 0 Å². The summed E-state index contributed by atoms with van der Waals surface area (Å²) >= 11 is 0. The Morgan fingerprint density at radius 3 is 2.33 bits per heavy atom. The van der Waals surface area contributed by atoms with E-state index in [1.165, 1.54) is 11.4 Å². The molecule has 1 fully saturated rings. The van der Waals surface area contributed by atoms with Crippen molar-refractivity contribution in [2.45, 2.75) is 13.0 Å². The van der Waals surface area contributed by atoms with Crippen molar-refractivity contribution in [3.05, 3.63) is 0 Å². The third-order valence-corrected chi connectivity index (χ3v) is 2.93. The molecule has 54 valence electrons. The second kappa shape index (κ2) is 1.93. The van der Waals surface area contributed by atoms with Gasteiger partial charge >= 0.3 is 10.3 Å². The van der Waals surface area contributed by atoms with Crippen LogP contribution in [0.15, 0.2) is 0 Å². The first-order valence-corrected chi connectivity index (χ1v) is 4.03. The predicted molar refractivity (Wildman–Crippen MR) is 32.1 cm³/mol. The van der Waals surface area contributed by atoms with Crippen LogP contribution in [0.1, 0.15) is 6.92 Å². The largest absolute Gasteiger partial charge is 0.338 e. The normalized spacial score (nSPS) is 35.1. The van der Waals surface area contributed by atoms with Crippen molar-refractivity contribution in [3.8, 4) is 0 Å². The summed E-state index contributed by atoms with van der Waals surface area (Å²) in [6, 6.07) is -0.0185. The highest BCUT2D eigenvalue weighted by Gasteiger charge is 2.31. The van der Waals surface area contributed by atoms with Crippen molar-refractivity contribution in [2.24, 2.45) is 0 Å². The molecule has 1 heterocycles. The molecule has 0 radical (unpaired) electrons. The minimum Gasteiger partial charge on any atom is -0.256 e. The van der Waals surface area contributed by atoms with Gasteiger partial charge in [0.05, 0.1) is 6.61 Å². The standard InChI is InChI=1S/C4H9NO3S/c1-4-3-8-9(6,7)5(4)2/h4H,3H2,1-2H3. The van der Waals surface area contributed by atoms with Crippen LogP contribution in [0.25, 0.3) is 0 Å². The summed E-state index contributed by atoms with van der Waals surface area (Å²) in [7, 11) is -1.83. The molecular weight excluding hydrogens is 142 g/mol. The molecule has 0 N–H and O–H groups in total. The second-order valence-corrected chi connectivity index (χ2v) is 3.77. The number of likely N-dealkylation sites (N-methyl/N-ethyl adjacent to an activating group) is 1. The van der Waals surface area contributed by atoms with Gasteiger partial charge in [0.15, 0.2) is 0 Å². The lowest BCUT2D eigenvalue weighted by atomic mass is 10.4. The Balaban J connectivity index is 2.87. The molecule has 0 aromatic heterocycles. The van der Waals surface area contributed by atoms with E-state index in [0.717, 1.165) is 0 Å². The molecule has 0 aliphatic carbocycles. The van der Waals surface area contributed by atoms with Gasteiger partial charge < -0.3 is 0 Å². The highest BCUT2D eigenvalue weighted by Crippen LogP contribution is 2.14. The van der Waals surface area contributed by atoms with Crippen molar-refractivity contribution in [3.63, 3.8) is 0 Å². The summed E-state index contributed by atoms with van der Waals surface area (Å²) in [6.45, 7) is 2.07. The van der Waals surface area contributed by atoms with Crippen molar-refractivity contribution in [2.75, 3.05) is 13.7 Å². The first-order valence-electron chi connectivity index (χ1n) is 2.66. The van der Waals surface area contributed by atoms with E-state index >= 15 is 0 Å². The van der Waals surface area contributed by atoms with Crippen LogP contribution in [0.5, 0.6) is 0 Å². The minimum absolute atomic E-state index is 0.0185. The van der Waals surface area contributed by atoms with Gasteiger partial charge in [0.1, 0.15) is 0 Å². The average Bonchev–Trinajstić information content (AvgIpc) is 1.97. The Hall–Kier alpha value is -0.130. The predicted octanol–water partition coefficient (Wildman–Crippen LogP) is -0.418. The van der Waals surface area contributed by atoms with E-state index in [1.54, 1.807) is 6.92 Å². The Morgan fingerprint density at radius 1 is 1.67 bits per heavy atom. The maximum absolute atomic E-state index is 10.7. The van der Waals surface area contributed by atoms with Gasteiger partial charge in [0, 0.05) is 13.1 Å². The fourth-order valence-corrected chi connectivity index (χ4v) is 1.63. The van der Waals surface area contributed by atoms with Crippen LogP contribution in [0.4, 0.5) is 0 Å². The zero-order valence-corrected chi connectivity index (χ0v) is 6.18. The summed E-state index contributed by atoms with van der Waals surface area (Å²) in [6.07, 6.45) is 0.